The highest BCUT2D eigenvalue weighted by Gasteiger charge is 2.23. The minimum Gasteiger partial charge on any atom is -0.502 e. The highest BCUT2D eigenvalue weighted by molar-refractivity contribution is 5.70. The molecule has 1 saturated carbocycles. The smallest absolute Gasteiger partial charge is 0.227 e. The zero-order valence-electron chi connectivity index (χ0n) is 14.4. The van der Waals surface area contributed by atoms with E-state index in [4.69, 9.17) is 13.9 Å². The molecule has 2 N–H and O–H groups in total. The van der Waals surface area contributed by atoms with E-state index in [-0.39, 0.29) is 28.9 Å². The highest BCUT2D eigenvalue weighted by atomic mass is 16.5. The van der Waals surface area contributed by atoms with Gasteiger partial charge in [-0.25, -0.2) is 0 Å². The number of rotatable bonds is 4. The van der Waals surface area contributed by atoms with Crippen molar-refractivity contribution in [1.82, 2.24) is 0 Å². The normalized spacial score (nSPS) is 15.1. The average Bonchev–Trinajstić information content (AvgIpc) is 2.65. The first-order valence-corrected chi connectivity index (χ1v) is 8.37. The summed E-state index contributed by atoms with van der Waals surface area (Å²) < 4.78 is 16.2. The van der Waals surface area contributed by atoms with E-state index >= 15 is 0 Å². The summed E-state index contributed by atoms with van der Waals surface area (Å²) in [5.41, 5.74) is -0.0772. The van der Waals surface area contributed by atoms with Crippen molar-refractivity contribution >= 4 is 0 Å². The van der Waals surface area contributed by atoms with Gasteiger partial charge in [0.05, 0.1) is 14.2 Å². The first-order chi connectivity index (χ1) is 12.0. The van der Waals surface area contributed by atoms with Crippen molar-refractivity contribution in [3.63, 3.8) is 0 Å². The highest BCUT2D eigenvalue weighted by Crippen LogP contribution is 2.42. The summed E-state index contributed by atoms with van der Waals surface area (Å²) in [5, 5.41) is 20.3. The third-order valence-electron chi connectivity index (χ3n) is 4.69. The van der Waals surface area contributed by atoms with E-state index in [0.29, 0.717) is 11.3 Å². The van der Waals surface area contributed by atoms with Crippen LogP contribution in [0.3, 0.4) is 0 Å². The number of ether oxygens (including phenoxy) is 2. The third kappa shape index (κ3) is 3.29. The zero-order valence-corrected chi connectivity index (χ0v) is 14.4. The molecule has 134 valence electrons. The van der Waals surface area contributed by atoms with E-state index < -0.39 is 11.2 Å². The Bertz CT molecular complexity index is 792. The first-order valence-electron chi connectivity index (χ1n) is 8.37. The Morgan fingerprint density at radius 3 is 2.12 bits per heavy atom. The van der Waals surface area contributed by atoms with Crippen molar-refractivity contribution < 1.29 is 24.1 Å². The lowest BCUT2D eigenvalue weighted by atomic mass is 9.87. The predicted octanol–water partition coefficient (Wildman–Crippen LogP) is 3.78. The summed E-state index contributed by atoms with van der Waals surface area (Å²) >= 11 is 0. The van der Waals surface area contributed by atoms with Crippen LogP contribution in [0.4, 0.5) is 0 Å². The van der Waals surface area contributed by atoms with Gasteiger partial charge in [-0.05, 0) is 25.0 Å². The summed E-state index contributed by atoms with van der Waals surface area (Å²) in [5.74, 6) is 0.544. The predicted molar refractivity (Wildman–Crippen MR) is 92.7 cm³/mol. The van der Waals surface area contributed by atoms with Crippen molar-refractivity contribution in [1.29, 1.82) is 0 Å². The quantitative estimate of drug-likeness (QED) is 0.876. The van der Waals surface area contributed by atoms with Gasteiger partial charge in [0.25, 0.3) is 0 Å². The van der Waals surface area contributed by atoms with Gasteiger partial charge >= 0.3 is 0 Å². The Kier molecular flexibility index (Phi) is 4.88. The molecule has 0 radical (unpaired) electrons. The Morgan fingerprint density at radius 2 is 1.56 bits per heavy atom. The summed E-state index contributed by atoms with van der Waals surface area (Å²) in [7, 11) is 2.82. The van der Waals surface area contributed by atoms with Gasteiger partial charge in [0.2, 0.25) is 16.9 Å². The van der Waals surface area contributed by atoms with Crippen LogP contribution >= 0.6 is 0 Å². The second-order valence-electron chi connectivity index (χ2n) is 6.26. The van der Waals surface area contributed by atoms with E-state index in [0.717, 1.165) is 25.7 Å². The van der Waals surface area contributed by atoms with Crippen LogP contribution in [0, 0.1) is 0 Å². The van der Waals surface area contributed by atoms with Gasteiger partial charge in [-0.1, -0.05) is 19.3 Å². The first kappa shape index (κ1) is 17.2. The number of aromatic hydroxyl groups is 2. The molecule has 0 saturated heterocycles. The number of phenolic OH excluding ortho intramolecular Hbond substituents is 1. The van der Waals surface area contributed by atoms with E-state index in [1.165, 1.54) is 38.8 Å². The molecule has 0 atom stereocenters. The molecule has 1 aromatic heterocycles. The second kappa shape index (κ2) is 7.09. The van der Waals surface area contributed by atoms with E-state index in [9.17, 15) is 15.0 Å². The lowest BCUT2D eigenvalue weighted by Crippen LogP contribution is -2.09. The standard InChI is InChI=1S/C19H22O6/c1-23-15-8-12(9-16(24-2)18(15)22)19-17(21)13(20)10-14(25-19)11-6-4-3-5-7-11/h8-11,21-22H,3-7H2,1-2H3. The van der Waals surface area contributed by atoms with Crippen molar-refractivity contribution in [2.45, 2.75) is 38.0 Å². The molecule has 0 bridgehead atoms. The topological polar surface area (TPSA) is 89.1 Å². The summed E-state index contributed by atoms with van der Waals surface area (Å²) in [4.78, 5) is 12.2. The number of benzene rings is 1. The zero-order chi connectivity index (χ0) is 18.0. The molecular formula is C19H22O6. The molecular weight excluding hydrogens is 324 g/mol. The van der Waals surface area contributed by atoms with Gasteiger partial charge in [-0.2, -0.15) is 0 Å². The Labute approximate surface area is 145 Å². The van der Waals surface area contributed by atoms with Crippen LogP contribution in [0.5, 0.6) is 23.0 Å². The van der Waals surface area contributed by atoms with Crippen molar-refractivity contribution in [2.75, 3.05) is 14.2 Å². The molecule has 0 spiro atoms. The van der Waals surface area contributed by atoms with Crippen LogP contribution in [0.25, 0.3) is 11.3 Å². The molecule has 1 fully saturated rings. The lowest BCUT2D eigenvalue weighted by Gasteiger charge is -2.21. The van der Waals surface area contributed by atoms with Crippen LogP contribution in [-0.2, 0) is 0 Å². The minimum absolute atomic E-state index is 0.0599. The monoisotopic (exact) mass is 346 g/mol. The molecule has 0 aliphatic heterocycles. The summed E-state index contributed by atoms with van der Waals surface area (Å²) in [6.07, 6.45) is 5.33. The fourth-order valence-electron chi connectivity index (χ4n) is 3.31. The van der Waals surface area contributed by atoms with Gasteiger partial charge in [-0.3, -0.25) is 4.79 Å². The van der Waals surface area contributed by atoms with Gasteiger partial charge in [0.15, 0.2) is 17.3 Å². The van der Waals surface area contributed by atoms with Crippen LogP contribution in [0.15, 0.2) is 27.4 Å². The van der Waals surface area contributed by atoms with Crippen molar-refractivity contribution in [2.24, 2.45) is 0 Å². The molecule has 6 heteroatoms. The Morgan fingerprint density at radius 1 is 0.960 bits per heavy atom. The van der Waals surface area contributed by atoms with Gasteiger partial charge in [0, 0.05) is 17.5 Å². The van der Waals surface area contributed by atoms with Crippen molar-refractivity contribution in [3.05, 3.63) is 34.2 Å². The molecule has 25 heavy (non-hydrogen) atoms. The van der Waals surface area contributed by atoms with E-state index in [2.05, 4.69) is 0 Å². The molecule has 1 aliphatic carbocycles. The Hall–Kier alpha value is -2.63. The number of phenols is 1. The number of hydrogen-bond donors (Lipinski definition) is 2. The Balaban J connectivity index is 2.13. The van der Waals surface area contributed by atoms with Gasteiger partial charge < -0.3 is 24.1 Å². The molecule has 3 rings (SSSR count). The average molecular weight is 346 g/mol. The van der Waals surface area contributed by atoms with E-state index in [1.54, 1.807) is 0 Å². The maximum atomic E-state index is 12.2. The minimum atomic E-state index is -0.479. The largest absolute Gasteiger partial charge is 0.502 e. The lowest BCUT2D eigenvalue weighted by molar-refractivity contribution is 0.339. The maximum Gasteiger partial charge on any atom is 0.227 e. The van der Waals surface area contributed by atoms with Gasteiger partial charge in [-0.15, -0.1) is 0 Å². The SMILES string of the molecule is COc1cc(-c2oc(C3CCCCC3)cc(=O)c2O)cc(OC)c1O. The molecule has 1 aliphatic rings. The second-order valence-corrected chi connectivity index (χ2v) is 6.26. The van der Waals surface area contributed by atoms with Gasteiger partial charge in [0.1, 0.15) is 5.76 Å². The summed E-state index contributed by atoms with van der Waals surface area (Å²) in [6.45, 7) is 0. The number of methoxy groups -OCH3 is 2. The van der Waals surface area contributed by atoms with E-state index in [1.807, 2.05) is 0 Å². The molecule has 1 heterocycles. The maximum absolute atomic E-state index is 12.2. The fourth-order valence-corrected chi connectivity index (χ4v) is 3.31. The molecule has 2 aromatic rings. The van der Waals surface area contributed by atoms with Crippen LogP contribution in [0.1, 0.15) is 43.8 Å². The molecule has 6 nitrogen and oxygen atoms in total. The third-order valence-corrected chi connectivity index (χ3v) is 4.69. The summed E-state index contributed by atoms with van der Waals surface area (Å²) in [6, 6.07) is 4.38. The van der Waals surface area contributed by atoms with Crippen LogP contribution in [0.2, 0.25) is 0 Å². The molecule has 1 aromatic carbocycles. The van der Waals surface area contributed by atoms with Crippen LogP contribution in [-0.4, -0.2) is 24.4 Å². The van der Waals surface area contributed by atoms with Crippen molar-refractivity contribution in [3.8, 4) is 34.3 Å². The fraction of sp³-hybridized carbons (Fsp3) is 0.421. The number of hydrogen-bond acceptors (Lipinski definition) is 6. The van der Waals surface area contributed by atoms with Crippen LogP contribution < -0.4 is 14.9 Å². The molecule has 0 amide bonds. The molecule has 0 unspecified atom stereocenters.